The van der Waals surface area contributed by atoms with E-state index in [1.807, 2.05) is 0 Å². The van der Waals surface area contributed by atoms with Gasteiger partial charge in [-0.25, -0.2) is 0 Å². The SMILES string of the molecule is C[C@@H]1CN(C)C[C@H]1C(=O)N[C@H]1CC(C)(C)OC1(C)C. The van der Waals surface area contributed by atoms with Gasteiger partial charge in [-0.15, -0.1) is 0 Å². The van der Waals surface area contributed by atoms with Crippen molar-refractivity contribution in [2.24, 2.45) is 11.8 Å². The van der Waals surface area contributed by atoms with Gasteiger partial charge in [-0.05, 0) is 47.1 Å². The van der Waals surface area contributed by atoms with Gasteiger partial charge in [0.1, 0.15) is 0 Å². The van der Waals surface area contributed by atoms with Crippen molar-refractivity contribution >= 4 is 5.91 Å². The summed E-state index contributed by atoms with van der Waals surface area (Å²) >= 11 is 0. The molecule has 0 aliphatic carbocycles. The Balaban J connectivity index is 2.00. The third-order valence-electron chi connectivity index (χ3n) is 4.52. The number of ether oxygens (including phenoxy) is 1. The lowest BCUT2D eigenvalue weighted by molar-refractivity contribution is -0.128. The first-order chi connectivity index (χ1) is 8.61. The summed E-state index contributed by atoms with van der Waals surface area (Å²) in [5.74, 6) is 0.740. The molecule has 2 fully saturated rings. The zero-order valence-corrected chi connectivity index (χ0v) is 13.1. The highest BCUT2D eigenvalue weighted by atomic mass is 16.5. The molecule has 2 saturated heterocycles. The number of hydrogen-bond acceptors (Lipinski definition) is 3. The average Bonchev–Trinajstić information content (AvgIpc) is 2.63. The maximum atomic E-state index is 12.5. The summed E-state index contributed by atoms with van der Waals surface area (Å²) in [5, 5.41) is 3.23. The van der Waals surface area contributed by atoms with Gasteiger partial charge in [0.2, 0.25) is 5.91 Å². The van der Waals surface area contributed by atoms with Gasteiger partial charge < -0.3 is 15.0 Å². The van der Waals surface area contributed by atoms with Crippen LogP contribution in [0.25, 0.3) is 0 Å². The lowest BCUT2D eigenvalue weighted by Crippen LogP contribution is -2.49. The van der Waals surface area contributed by atoms with E-state index in [0.717, 1.165) is 19.5 Å². The van der Waals surface area contributed by atoms with Crippen LogP contribution in [-0.4, -0.2) is 48.2 Å². The summed E-state index contributed by atoms with van der Waals surface area (Å²) < 4.78 is 6.04. The maximum absolute atomic E-state index is 12.5. The molecule has 0 aromatic heterocycles. The molecule has 1 N–H and O–H groups in total. The van der Waals surface area contributed by atoms with Crippen LogP contribution in [0.3, 0.4) is 0 Å². The monoisotopic (exact) mass is 268 g/mol. The molecule has 0 aromatic carbocycles. The van der Waals surface area contributed by atoms with E-state index in [0.29, 0.717) is 5.92 Å². The van der Waals surface area contributed by atoms with E-state index in [1.165, 1.54) is 0 Å². The Bertz CT molecular complexity index is 365. The Hall–Kier alpha value is -0.610. The van der Waals surface area contributed by atoms with Crippen molar-refractivity contribution in [2.45, 2.75) is 58.3 Å². The third kappa shape index (κ3) is 3.11. The summed E-state index contributed by atoms with van der Waals surface area (Å²) in [4.78, 5) is 14.7. The summed E-state index contributed by atoms with van der Waals surface area (Å²) in [5.41, 5.74) is -0.438. The van der Waals surface area contributed by atoms with Crippen molar-refractivity contribution < 1.29 is 9.53 Å². The van der Waals surface area contributed by atoms with Crippen molar-refractivity contribution in [1.29, 1.82) is 0 Å². The first-order valence-corrected chi connectivity index (χ1v) is 7.30. The molecule has 2 aliphatic rings. The Labute approximate surface area is 116 Å². The van der Waals surface area contributed by atoms with Crippen LogP contribution in [0.4, 0.5) is 0 Å². The first kappa shape index (κ1) is 14.8. The van der Waals surface area contributed by atoms with E-state index in [4.69, 9.17) is 4.74 Å². The van der Waals surface area contributed by atoms with Crippen LogP contribution in [0.15, 0.2) is 0 Å². The minimum atomic E-state index is -0.285. The van der Waals surface area contributed by atoms with Gasteiger partial charge in [0.15, 0.2) is 0 Å². The smallest absolute Gasteiger partial charge is 0.225 e. The van der Waals surface area contributed by atoms with E-state index in [1.54, 1.807) is 0 Å². The normalized spacial score (nSPS) is 37.5. The number of nitrogens with zero attached hydrogens (tertiary/aromatic N) is 1. The van der Waals surface area contributed by atoms with Crippen LogP contribution in [0, 0.1) is 11.8 Å². The van der Waals surface area contributed by atoms with Crippen LogP contribution < -0.4 is 5.32 Å². The fourth-order valence-corrected chi connectivity index (χ4v) is 3.62. The molecule has 19 heavy (non-hydrogen) atoms. The van der Waals surface area contributed by atoms with Gasteiger partial charge in [0.25, 0.3) is 0 Å². The predicted octanol–water partition coefficient (Wildman–Crippen LogP) is 1.65. The number of carbonyl (C=O) groups is 1. The van der Waals surface area contributed by atoms with Crippen LogP contribution in [0.1, 0.15) is 41.0 Å². The van der Waals surface area contributed by atoms with Crippen LogP contribution in [-0.2, 0) is 9.53 Å². The number of carbonyl (C=O) groups excluding carboxylic acids is 1. The number of likely N-dealkylation sites (tertiary alicyclic amines) is 1. The molecule has 2 rings (SSSR count). The minimum Gasteiger partial charge on any atom is -0.367 e. The number of amides is 1. The molecule has 0 spiro atoms. The lowest BCUT2D eigenvalue weighted by atomic mass is 9.92. The highest BCUT2D eigenvalue weighted by Crippen LogP contribution is 2.37. The zero-order valence-electron chi connectivity index (χ0n) is 13.1. The van der Waals surface area contributed by atoms with Gasteiger partial charge in [0.05, 0.1) is 23.2 Å². The molecular weight excluding hydrogens is 240 g/mol. The zero-order chi connectivity index (χ0) is 14.4. The largest absolute Gasteiger partial charge is 0.367 e. The minimum absolute atomic E-state index is 0.105. The van der Waals surface area contributed by atoms with Crippen LogP contribution in [0.5, 0.6) is 0 Å². The standard InChI is InChI=1S/C15H28N2O2/c1-10-8-17(6)9-11(10)13(18)16-12-7-14(2,3)19-15(12,4)5/h10-12H,7-9H2,1-6H3,(H,16,18)/t10-,11-,12+/m1/s1. The summed E-state index contributed by atoms with van der Waals surface area (Å²) in [6, 6.07) is 0.105. The van der Waals surface area contributed by atoms with E-state index in [9.17, 15) is 4.79 Å². The number of hydrogen-bond donors (Lipinski definition) is 1. The topological polar surface area (TPSA) is 41.6 Å². The maximum Gasteiger partial charge on any atom is 0.225 e. The molecule has 0 unspecified atom stereocenters. The Morgan fingerprint density at radius 1 is 1.26 bits per heavy atom. The molecular formula is C15H28N2O2. The van der Waals surface area contributed by atoms with Gasteiger partial charge in [-0.2, -0.15) is 0 Å². The highest BCUT2D eigenvalue weighted by molar-refractivity contribution is 5.80. The molecule has 0 bridgehead atoms. The van der Waals surface area contributed by atoms with Gasteiger partial charge >= 0.3 is 0 Å². The van der Waals surface area contributed by atoms with Crippen molar-refractivity contribution in [2.75, 3.05) is 20.1 Å². The van der Waals surface area contributed by atoms with Gasteiger partial charge in [-0.1, -0.05) is 6.92 Å². The molecule has 4 heteroatoms. The van der Waals surface area contributed by atoms with E-state index in [-0.39, 0.29) is 29.1 Å². The van der Waals surface area contributed by atoms with E-state index >= 15 is 0 Å². The first-order valence-electron chi connectivity index (χ1n) is 7.30. The van der Waals surface area contributed by atoms with Crippen molar-refractivity contribution in [3.8, 4) is 0 Å². The van der Waals surface area contributed by atoms with Gasteiger partial charge in [0, 0.05) is 13.1 Å². The third-order valence-corrected chi connectivity index (χ3v) is 4.52. The quantitative estimate of drug-likeness (QED) is 0.828. The molecule has 0 saturated carbocycles. The summed E-state index contributed by atoms with van der Waals surface area (Å²) in [6.07, 6.45) is 0.878. The Morgan fingerprint density at radius 2 is 1.89 bits per heavy atom. The van der Waals surface area contributed by atoms with Crippen LogP contribution in [0.2, 0.25) is 0 Å². The fourth-order valence-electron chi connectivity index (χ4n) is 3.62. The second-order valence-electron chi connectivity index (χ2n) is 7.54. The van der Waals surface area contributed by atoms with Crippen molar-refractivity contribution in [3.63, 3.8) is 0 Å². The highest BCUT2D eigenvalue weighted by Gasteiger charge is 2.47. The number of nitrogens with one attached hydrogen (secondary N) is 1. The second-order valence-corrected chi connectivity index (χ2v) is 7.54. The van der Waals surface area contributed by atoms with Gasteiger partial charge in [-0.3, -0.25) is 4.79 Å². The summed E-state index contributed by atoms with van der Waals surface area (Å²) in [7, 11) is 2.08. The molecule has 4 nitrogen and oxygen atoms in total. The molecule has 0 aromatic rings. The number of rotatable bonds is 2. The molecule has 2 heterocycles. The fraction of sp³-hybridized carbons (Fsp3) is 0.933. The predicted molar refractivity (Wildman–Crippen MR) is 75.9 cm³/mol. The average molecular weight is 268 g/mol. The van der Waals surface area contributed by atoms with Crippen molar-refractivity contribution in [1.82, 2.24) is 10.2 Å². The Morgan fingerprint density at radius 3 is 2.32 bits per heavy atom. The molecule has 1 amide bonds. The molecule has 3 atom stereocenters. The lowest BCUT2D eigenvalue weighted by Gasteiger charge is -2.29. The molecule has 110 valence electrons. The summed E-state index contributed by atoms with van der Waals surface area (Å²) in [6.45, 7) is 12.3. The Kier molecular flexibility index (Phi) is 3.69. The molecule has 0 radical (unpaired) electrons. The van der Waals surface area contributed by atoms with E-state index < -0.39 is 0 Å². The van der Waals surface area contributed by atoms with Crippen molar-refractivity contribution in [3.05, 3.63) is 0 Å². The molecule has 2 aliphatic heterocycles. The second kappa shape index (κ2) is 4.74. The van der Waals surface area contributed by atoms with E-state index in [2.05, 4.69) is 51.9 Å². The van der Waals surface area contributed by atoms with Crippen LogP contribution >= 0.6 is 0 Å².